The van der Waals surface area contributed by atoms with Crippen LogP contribution in [0.25, 0.3) is 11.3 Å². The molecule has 3 aromatic rings. The van der Waals surface area contributed by atoms with Crippen LogP contribution >= 0.6 is 0 Å². The fourth-order valence-electron chi connectivity index (χ4n) is 2.48. The van der Waals surface area contributed by atoms with Gasteiger partial charge >= 0.3 is 0 Å². The van der Waals surface area contributed by atoms with Crippen LogP contribution in [0.3, 0.4) is 0 Å². The number of likely N-dealkylation sites (N-methyl/N-ethyl adjacent to an activating group) is 1. The molecule has 0 bridgehead atoms. The van der Waals surface area contributed by atoms with Gasteiger partial charge in [-0.05, 0) is 43.4 Å². The quantitative estimate of drug-likeness (QED) is 0.509. The summed E-state index contributed by atoms with van der Waals surface area (Å²) in [5.74, 6) is -4.70. The Bertz CT molecular complexity index is 989. The Morgan fingerprint density at radius 1 is 1.07 bits per heavy atom. The van der Waals surface area contributed by atoms with E-state index in [9.17, 15) is 22.4 Å². The number of rotatable bonds is 6. The van der Waals surface area contributed by atoms with Gasteiger partial charge in [0.05, 0.1) is 25.0 Å². The second-order valence-electron chi connectivity index (χ2n) is 6.07. The molecule has 0 aliphatic heterocycles. The number of benzene rings is 2. The highest BCUT2D eigenvalue weighted by Gasteiger charge is 2.17. The van der Waals surface area contributed by atoms with Crippen molar-refractivity contribution >= 4 is 11.6 Å². The molecule has 0 fully saturated rings. The molecule has 2 aromatic carbocycles. The summed E-state index contributed by atoms with van der Waals surface area (Å²) in [5.41, 5.74) is 0.196. The van der Waals surface area contributed by atoms with E-state index < -0.39 is 29.0 Å². The van der Waals surface area contributed by atoms with Crippen LogP contribution in [0.15, 0.2) is 47.0 Å². The summed E-state index contributed by atoms with van der Waals surface area (Å²) >= 11 is 0. The Morgan fingerprint density at radius 3 is 2.50 bits per heavy atom. The van der Waals surface area contributed by atoms with Crippen LogP contribution < -0.4 is 5.32 Å². The summed E-state index contributed by atoms with van der Waals surface area (Å²) in [6, 6.07) is 7.35. The Hall–Kier alpha value is -3.20. The van der Waals surface area contributed by atoms with Crippen LogP contribution in [-0.2, 0) is 11.3 Å². The van der Waals surface area contributed by atoms with Crippen molar-refractivity contribution in [1.82, 2.24) is 9.88 Å². The third-order valence-electron chi connectivity index (χ3n) is 3.81. The van der Waals surface area contributed by atoms with Gasteiger partial charge in [-0.3, -0.25) is 9.69 Å². The van der Waals surface area contributed by atoms with Crippen molar-refractivity contribution < 1.29 is 26.8 Å². The number of nitrogens with zero attached hydrogens (tertiary/aromatic N) is 2. The topological polar surface area (TPSA) is 58.4 Å². The molecule has 1 heterocycles. The lowest BCUT2D eigenvalue weighted by molar-refractivity contribution is -0.117. The molecular formula is C19H15F4N3O2. The van der Waals surface area contributed by atoms with Crippen LogP contribution in [0.4, 0.5) is 23.2 Å². The molecule has 0 aliphatic carbocycles. The largest absolute Gasteiger partial charge is 0.439 e. The van der Waals surface area contributed by atoms with Crippen molar-refractivity contribution in [1.29, 1.82) is 0 Å². The van der Waals surface area contributed by atoms with Crippen LogP contribution in [0.2, 0.25) is 0 Å². The van der Waals surface area contributed by atoms with E-state index in [0.29, 0.717) is 17.2 Å². The van der Waals surface area contributed by atoms with Gasteiger partial charge in [0.15, 0.2) is 23.2 Å². The minimum Gasteiger partial charge on any atom is -0.439 e. The van der Waals surface area contributed by atoms with Gasteiger partial charge in [-0.2, -0.15) is 0 Å². The molecule has 0 saturated carbocycles. The number of amides is 1. The maximum absolute atomic E-state index is 13.6. The van der Waals surface area contributed by atoms with Crippen molar-refractivity contribution in [3.63, 3.8) is 0 Å². The highest BCUT2D eigenvalue weighted by Crippen LogP contribution is 2.21. The molecule has 3 rings (SSSR count). The molecule has 0 aliphatic rings. The fourth-order valence-corrected chi connectivity index (χ4v) is 2.48. The summed E-state index contributed by atoms with van der Waals surface area (Å²) in [7, 11) is 1.60. The van der Waals surface area contributed by atoms with Gasteiger partial charge in [-0.25, -0.2) is 22.5 Å². The number of hydrogen-bond acceptors (Lipinski definition) is 4. The fraction of sp³-hybridized carbons (Fsp3) is 0.158. The normalized spacial score (nSPS) is 11.1. The van der Waals surface area contributed by atoms with E-state index in [4.69, 9.17) is 4.42 Å². The van der Waals surface area contributed by atoms with E-state index >= 15 is 0 Å². The molecule has 1 amide bonds. The average molecular weight is 393 g/mol. The predicted octanol–water partition coefficient (Wildman–Crippen LogP) is 3.97. The summed E-state index contributed by atoms with van der Waals surface area (Å²) in [6.45, 7) is -0.0123. The molecule has 0 radical (unpaired) electrons. The summed E-state index contributed by atoms with van der Waals surface area (Å²) in [4.78, 5) is 17.6. The van der Waals surface area contributed by atoms with E-state index in [0.717, 1.165) is 12.1 Å². The molecule has 9 heteroatoms. The highest BCUT2D eigenvalue weighted by molar-refractivity contribution is 5.92. The smallest absolute Gasteiger partial charge is 0.238 e. The predicted molar refractivity (Wildman–Crippen MR) is 93.2 cm³/mol. The van der Waals surface area contributed by atoms with Crippen LogP contribution in [0.1, 0.15) is 5.89 Å². The van der Waals surface area contributed by atoms with Gasteiger partial charge in [0.25, 0.3) is 0 Å². The lowest BCUT2D eigenvalue weighted by Gasteiger charge is -2.14. The van der Waals surface area contributed by atoms with E-state index in [1.807, 2.05) is 0 Å². The molecule has 0 saturated heterocycles. The van der Waals surface area contributed by atoms with Gasteiger partial charge in [0, 0.05) is 5.56 Å². The van der Waals surface area contributed by atoms with Gasteiger partial charge in [-0.1, -0.05) is 0 Å². The zero-order valence-electron chi connectivity index (χ0n) is 14.7. The minimum absolute atomic E-state index is 0.162. The van der Waals surface area contributed by atoms with E-state index in [1.54, 1.807) is 19.2 Å². The van der Waals surface area contributed by atoms with Gasteiger partial charge < -0.3 is 9.73 Å². The lowest BCUT2D eigenvalue weighted by atomic mass is 10.2. The SMILES string of the molecule is CN(CC(=O)Nc1ccc(F)c(F)c1F)Cc1ncc(-c2ccc(F)cc2)o1. The maximum Gasteiger partial charge on any atom is 0.238 e. The molecule has 0 atom stereocenters. The van der Waals surface area contributed by atoms with Crippen molar-refractivity contribution in [2.75, 3.05) is 18.9 Å². The third-order valence-corrected chi connectivity index (χ3v) is 3.81. The van der Waals surface area contributed by atoms with E-state index in [1.165, 1.54) is 23.2 Å². The molecule has 5 nitrogen and oxygen atoms in total. The van der Waals surface area contributed by atoms with Crippen LogP contribution in [-0.4, -0.2) is 29.4 Å². The number of aromatic nitrogens is 1. The Morgan fingerprint density at radius 2 is 1.79 bits per heavy atom. The first-order valence-electron chi connectivity index (χ1n) is 8.16. The monoisotopic (exact) mass is 393 g/mol. The minimum atomic E-state index is -1.65. The van der Waals surface area contributed by atoms with Crippen molar-refractivity contribution in [3.05, 3.63) is 71.8 Å². The highest BCUT2D eigenvalue weighted by atomic mass is 19.2. The third kappa shape index (κ3) is 4.55. The molecule has 146 valence electrons. The van der Waals surface area contributed by atoms with Crippen molar-refractivity contribution in [2.45, 2.75) is 6.54 Å². The second kappa shape index (κ2) is 8.22. The van der Waals surface area contributed by atoms with Gasteiger partial charge in [0.2, 0.25) is 11.8 Å². The standard InChI is InChI=1S/C19H15F4N3O2/c1-26(9-16(27)25-14-7-6-13(21)18(22)19(14)23)10-17-24-8-15(28-17)11-2-4-12(20)5-3-11/h2-8H,9-10H2,1H3,(H,25,27). The number of oxazole rings is 1. The number of hydrogen-bond donors (Lipinski definition) is 1. The lowest BCUT2D eigenvalue weighted by Crippen LogP contribution is -2.30. The molecule has 28 heavy (non-hydrogen) atoms. The van der Waals surface area contributed by atoms with Gasteiger partial charge in [0.1, 0.15) is 5.82 Å². The van der Waals surface area contributed by atoms with E-state index in [-0.39, 0.29) is 18.9 Å². The molecular weight excluding hydrogens is 378 g/mol. The number of carbonyl (C=O) groups excluding carboxylic acids is 1. The summed E-state index contributed by atoms with van der Waals surface area (Å²) < 4.78 is 58.3. The zero-order chi connectivity index (χ0) is 20.3. The number of anilines is 1. The van der Waals surface area contributed by atoms with Crippen LogP contribution in [0, 0.1) is 23.3 Å². The molecule has 1 N–H and O–H groups in total. The summed E-state index contributed by atoms with van der Waals surface area (Å²) in [5, 5.41) is 2.18. The second-order valence-corrected chi connectivity index (χ2v) is 6.07. The molecule has 0 unspecified atom stereocenters. The molecule has 0 spiro atoms. The Labute approximate surface area is 157 Å². The molecule has 1 aromatic heterocycles. The van der Waals surface area contributed by atoms with Crippen molar-refractivity contribution in [2.24, 2.45) is 0 Å². The zero-order valence-corrected chi connectivity index (χ0v) is 14.7. The number of carbonyl (C=O) groups is 1. The number of nitrogens with one attached hydrogen (secondary N) is 1. The number of halogens is 4. The first-order valence-corrected chi connectivity index (χ1v) is 8.16. The summed E-state index contributed by atoms with van der Waals surface area (Å²) in [6.07, 6.45) is 1.48. The van der Waals surface area contributed by atoms with Crippen molar-refractivity contribution in [3.8, 4) is 11.3 Å². The first kappa shape index (κ1) is 19.6. The Balaban J connectivity index is 1.58. The average Bonchev–Trinajstić information content (AvgIpc) is 3.11. The van der Waals surface area contributed by atoms with E-state index in [2.05, 4.69) is 10.3 Å². The Kier molecular flexibility index (Phi) is 5.74. The van der Waals surface area contributed by atoms with Crippen LogP contribution in [0.5, 0.6) is 0 Å². The first-order chi connectivity index (χ1) is 13.3. The van der Waals surface area contributed by atoms with Gasteiger partial charge in [-0.15, -0.1) is 0 Å². The maximum atomic E-state index is 13.6.